The van der Waals surface area contributed by atoms with E-state index in [1.807, 2.05) is 66.7 Å². The van der Waals surface area contributed by atoms with Crippen LogP contribution in [0.3, 0.4) is 0 Å². The molecule has 0 aliphatic rings. The smallest absolute Gasteiger partial charge is 0.255 e. The van der Waals surface area contributed by atoms with E-state index in [0.717, 1.165) is 23.4 Å². The quantitative estimate of drug-likeness (QED) is 0.380. The first-order valence-corrected chi connectivity index (χ1v) is 10.6. The maximum atomic E-state index is 12.7. The molecule has 2 heterocycles. The van der Waals surface area contributed by atoms with Gasteiger partial charge < -0.3 is 10.1 Å². The van der Waals surface area contributed by atoms with Crippen LogP contribution >= 0.6 is 0 Å². The first-order valence-electron chi connectivity index (χ1n) is 10.6. The number of amides is 1. The minimum absolute atomic E-state index is 0.191. The number of carbonyl (C=O) groups is 1. The van der Waals surface area contributed by atoms with Gasteiger partial charge in [0.05, 0.1) is 12.3 Å². The lowest BCUT2D eigenvalue weighted by Crippen LogP contribution is -2.11. The highest BCUT2D eigenvalue weighted by atomic mass is 16.5. The topological polar surface area (TPSA) is 92.8 Å². The summed E-state index contributed by atoms with van der Waals surface area (Å²) in [5.74, 6) is 0.545. The van der Waals surface area contributed by atoms with Gasteiger partial charge in [0, 0.05) is 23.2 Å². The summed E-state index contributed by atoms with van der Waals surface area (Å²) in [7, 11) is 0. The zero-order valence-corrected chi connectivity index (χ0v) is 17.7. The second-order valence-electron chi connectivity index (χ2n) is 7.52. The second-order valence-corrected chi connectivity index (χ2v) is 7.52. The van der Waals surface area contributed by atoms with E-state index in [0.29, 0.717) is 29.0 Å². The van der Waals surface area contributed by atoms with Gasteiger partial charge in [0.1, 0.15) is 11.3 Å². The van der Waals surface area contributed by atoms with E-state index in [2.05, 4.69) is 37.8 Å². The van der Waals surface area contributed by atoms with Gasteiger partial charge in [-0.15, -0.1) is 5.10 Å². The number of aromatic amines is 1. The number of carbonyl (C=O) groups excluding carboxylic acids is 1. The molecule has 0 fully saturated rings. The Bertz CT molecular complexity index is 1380. The molecule has 5 rings (SSSR count). The predicted octanol–water partition coefficient (Wildman–Crippen LogP) is 4.89. The van der Waals surface area contributed by atoms with Crippen molar-refractivity contribution in [3.63, 3.8) is 0 Å². The fourth-order valence-electron chi connectivity index (χ4n) is 3.50. The maximum absolute atomic E-state index is 12.7. The van der Waals surface area contributed by atoms with E-state index in [1.54, 1.807) is 12.1 Å². The van der Waals surface area contributed by atoms with E-state index in [9.17, 15) is 4.79 Å². The molecule has 2 N–H and O–H groups in total. The molecule has 5 aromatic rings. The van der Waals surface area contributed by atoms with Gasteiger partial charge in [-0.25, -0.2) is 10.1 Å². The standard InChI is InChI=1S/C26H21N5O2/c32-26(19-9-11-22(12-10-19)33-16-15-18-5-2-1-3-6-18)27-21-8-4-7-20(17-21)23-13-14-24-25(28-23)30-31-29-24/h1-14,17H,15-16H2,(H,27,32)(H,28,29,30,31). The molecule has 1 amide bonds. The summed E-state index contributed by atoms with van der Waals surface area (Å²) in [6, 6.07) is 28.6. The zero-order chi connectivity index (χ0) is 22.5. The molecular weight excluding hydrogens is 414 g/mol. The molecule has 0 bridgehead atoms. The van der Waals surface area contributed by atoms with Crippen molar-refractivity contribution in [2.75, 3.05) is 11.9 Å². The minimum Gasteiger partial charge on any atom is -0.493 e. The van der Waals surface area contributed by atoms with Crippen LogP contribution in [0.1, 0.15) is 15.9 Å². The summed E-state index contributed by atoms with van der Waals surface area (Å²) >= 11 is 0. The third-order valence-corrected chi connectivity index (χ3v) is 5.22. The Hall–Kier alpha value is -4.52. The molecule has 0 aliphatic heterocycles. The van der Waals surface area contributed by atoms with Crippen LogP contribution < -0.4 is 10.1 Å². The highest BCUT2D eigenvalue weighted by Crippen LogP contribution is 2.23. The van der Waals surface area contributed by atoms with Gasteiger partial charge in [-0.2, -0.15) is 0 Å². The summed E-state index contributed by atoms with van der Waals surface area (Å²) in [4.78, 5) is 17.3. The van der Waals surface area contributed by atoms with Crippen LogP contribution in [0.25, 0.3) is 22.4 Å². The lowest BCUT2D eigenvalue weighted by atomic mass is 10.1. The molecule has 2 aromatic heterocycles. The summed E-state index contributed by atoms with van der Waals surface area (Å²) in [6.07, 6.45) is 0.831. The van der Waals surface area contributed by atoms with Gasteiger partial charge in [-0.3, -0.25) is 4.79 Å². The number of hydrogen-bond acceptors (Lipinski definition) is 5. The number of nitrogens with one attached hydrogen (secondary N) is 2. The van der Waals surface area contributed by atoms with E-state index in [1.165, 1.54) is 5.56 Å². The Morgan fingerprint density at radius 1 is 0.909 bits per heavy atom. The van der Waals surface area contributed by atoms with Gasteiger partial charge in [0.25, 0.3) is 5.91 Å². The van der Waals surface area contributed by atoms with Crippen molar-refractivity contribution < 1.29 is 9.53 Å². The van der Waals surface area contributed by atoms with Crippen LogP contribution in [-0.2, 0) is 6.42 Å². The first-order chi connectivity index (χ1) is 16.2. The predicted molar refractivity (Wildman–Crippen MR) is 127 cm³/mol. The third-order valence-electron chi connectivity index (χ3n) is 5.22. The fourth-order valence-corrected chi connectivity index (χ4v) is 3.50. The number of pyridine rings is 1. The lowest BCUT2D eigenvalue weighted by molar-refractivity contribution is 0.102. The number of benzene rings is 3. The minimum atomic E-state index is -0.191. The SMILES string of the molecule is O=C(Nc1cccc(-c2ccc3nn[nH]c3n2)c1)c1ccc(OCCc2ccccc2)cc1. The van der Waals surface area contributed by atoms with E-state index < -0.39 is 0 Å². The van der Waals surface area contributed by atoms with Crippen molar-refractivity contribution in [2.24, 2.45) is 0 Å². The molecule has 0 saturated heterocycles. The number of anilines is 1. The Kier molecular flexibility index (Phi) is 5.75. The number of H-pyrrole nitrogens is 1. The summed E-state index contributed by atoms with van der Waals surface area (Å²) in [5, 5.41) is 13.4. The van der Waals surface area contributed by atoms with E-state index in [-0.39, 0.29) is 5.91 Å². The molecule has 0 aliphatic carbocycles. The molecule has 0 saturated carbocycles. The van der Waals surface area contributed by atoms with Crippen molar-refractivity contribution in [3.8, 4) is 17.0 Å². The second kappa shape index (κ2) is 9.32. The normalized spacial score (nSPS) is 10.8. The van der Waals surface area contributed by atoms with Gasteiger partial charge in [-0.1, -0.05) is 47.7 Å². The molecular formula is C26H21N5O2. The molecule has 3 aromatic carbocycles. The van der Waals surface area contributed by atoms with E-state index >= 15 is 0 Å². The average molecular weight is 435 g/mol. The first kappa shape index (κ1) is 20.4. The van der Waals surface area contributed by atoms with Crippen molar-refractivity contribution in [2.45, 2.75) is 6.42 Å². The number of nitrogens with zero attached hydrogens (tertiary/aromatic N) is 3. The third kappa shape index (κ3) is 4.88. The number of aromatic nitrogens is 4. The van der Waals surface area contributed by atoms with Crippen molar-refractivity contribution >= 4 is 22.8 Å². The molecule has 7 heteroatoms. The summed E-state index contributed by atoms with van der Waals surface area (Å²) in [5.41, 5.74) is 5.44. The van der Waals surface area contributed by atoms with Gasteiger partial charge in [-0.05, 0) is 54.1 Å². The van der Waals surface area contributed by atoms with Crippen molar-refractivity contribution in [1.82, 2.24) is 20.4 Å². The summed E-state index contributed by atoms with van der Waals surface area (Å²) < 4.78 is 5.80. The van der Waals surface area contributed by atoms with Crippen LogP contribution in [0, 0.1) is 0 Å². The van der Waals surface area contributed by atoms with Crippen LogP contribution in [0.2, 0.25) is 0 Å². The fraction of sp³-hybridized carbons (Fsp3) is 0.0769. The van der Waals surface area contributed by atoms with E-state index in [4.69, 9.17) is 4.74 Å². The zero-order valence-electron chi connectivity index (χ0n) is 17.7. The molecule has 7 nitrogen and oxygen atoms in total. The average Bonchev–Trinajstić information content (AvgIpc) is 3.33. The van der Waals surface area contributed by atoms with Crippen molar-refractivity contribution in [1.29, 1.82) is 0 Å². The largest absolute Gasteiger partial charge is 0.493 e. The maximum Gasteiger partial charge on any atom is 0.255 e. The molecule has 162 valence electrons. The van der Waals surface area contributed by atoms with Gasteiger partial charge in [0.2, 0.25) is 0 Å². The monoisotopic (exact) mass is 435 g/mol. The van der Waals surface area contributed by atoms with Crippen LogP contribution in [0.4, 0.5) is 5.69 Å². The molecule has 0 unspecified atom stereocenters. The highest BCUT2D eigenvalue weighted by Gasteiger charge is 2.09. The Morgan fingerprint density at radius 3 is 2.61 bits per heavy atom. The Morgan fingerprint density at radius 2 is 1.76 bits per heavy atom. The summed E-state index contributed by atoms with van der Waals surface area (Å²) in [6.45, 7) is 0.580. The van der Waals surface area contributed by atoms with Crippen molar-refractivity contribution in [3.05, 3.63) is 102 Å². The van der Waals surface area contributed by atoms with Crippen LogP contribution in [0.15, 0.2) is 91.0 Å². The lowest BCUT2D eigenvalue weighted by Gasteiger charge is -2.09. The number of hydrogen-bond donors (Lipinski definition) is 2. The molecule has 0 radical (unpaired) electrons. The molecule has 0 atom stereocenters. The van der Waals surface area contributed by atoms with Crippen LogP contribution in [0.5, 0.6) is 5.75 Å². The highest BCUT2D eigenvalue weighted by molar-refractivity contribution is 6.04. The van der Waals surface area contributed by atoms with Gasteiger partial charge >= 0.3 is 0 Å². The Labute approximate surface area is 190 Å². The number of ether oxygens (including phenoxy) is 1. The number of rotatable bonds is 7. The molecule has 33 heavy (non-hydrogen) atoms. The van der Waals surface area contributed by atoms with Gasteiger partial charge in [0.15, 0.2) is 5.65 Å². The number of fused-ring (bicyclic) bond motifs is 1. The Balaban J connectivity index is 1.21. The molecule has 0 spiro atoms. The van der Waals surface area contributed by atoms with Crippen LogP contribution in [-0.4, -0.2) is 32.9 Å².